The van der Waals surface area contributed by atoms with Gasteiger partial charge in [-0.25, -0.2) is 0 Å². The number of likely N-dealkylation sites (tertiary alicyclic amines) is 1. The Morgan fingerprint density at radius 2 is 1.88 bits per heavy atom. The van der Waals surface area contributed by atoms with Crippen molar-refractivity contribution in [3.05, 3.63) is 0 Å². The smallest absolute Gasteiger partial charge is 0.353 e. The lowest BCUT2D eigenvalue weighted by Crippen LogP contribution is -2.58. The van der Waals surface area contributed by atoms with E-state index in [2.05, 4.69) is 15.5 Å². The van der Waals surface area contributed by atoms with Crippen molar-refractivity contribution in [2.24, 2.45) is 0 Å². The predicted molar refractivity (Wildman–Crippen MR) is 96.7 cm³/mol. The molecule has 0 saturated carbocycles. The summed E-state index contributed by atoms with van der Waals surface area (Å²) in [5, 5.41) is 5.60. The maximum Gasteiger partial charge on any atom is 0.405 e. The number of hydrogen-bond donors (Lipinski definition) is 2. The van der Waals surface area contributed by atoms with Crippen molar-refractivity contribution in [3.8, 4) is 0 Å². The SMILES string of the molecule is CCCN1CCCC1C(=O)NCC(N1CCNCC1)C(F)(F)F.Cl.Cl. The van der Waals surface area contributed by atoms with Crippen LogP contribution in [0.2, 0.25) is 0 Å². The fourth-order valence-corrected chi connectivity index (χ4v) is 3.44. The average molecular weight is 409 g/mol. The van der Waals surface area contributed by atoms with Gasteiger partial charge in [-0.15, -0.1) is 24.8 Å². The summed E-state index contributed by atoms with van der Waals surface area (Å²) in [7, 11) is 0. The van der Waals surface area contributed by atoms with Crippen LogP contribution in [-0.4, -0.2) is 79.8 Å². The minimum Gasteiger partial charge on any atom is -0.353 e. The molecule has 2 atom stereocenters. The lowest BCUT2D eigenvalue weighted by Gasteiger charge is -2.36. The highest BCUT2D eigenvalue weighted by molar-refractivity contribution is 5.85. The summed E-state index contributed by atoms with van der Waals surface area (Å²) in [5.41, 5.74) is 0. The number of nitrogens with one attached hydrogen (secondary N) is 2. The summed E-state index contributed by atoms with van der Waals surface area (Å²) in [6, 6.07) is -1.87. The highest BCUT2D eigenvalue weighted by Gasteiger charge is 2.44. The van der Waals surface area contributed by atoms with E-state index in [0.29, 0.717) is 26.2 Å². The second kappa shape index (κ2) is 11.4. The van der Waals surface area contributed by atoms with Gasteiger partial charge in [0.15, 0.2) is 0 Å². The van der Waals surface area contributed by atoms with Gasteiger partial charge in [0.25, 0.3) is 0 Å². The molecule has 0 radical (unpaired) electrons. The molecule has 0 aromatic heterocycles. The number of amides is 1. The second-order valence-electron chi connectivity index (χ2n) is 6.28. The molecule has 2 aliphatic heterocycles. The molecule has 10 heteroatoms. The van der Waals surface area contributed by atoms with Crippen LogP contribution >= 0.6 is 24.8 Å². The number of carbonyl (C=O) groups is 1. The van der Waals surface area contributed by atoms with E-state index in [1.54, 1.807) is 0 Å². The molecule has 0 bridgehead atoms. The monoisotopic (exact) mass is 408 g/mol. The van der Waals surface area contributed by atoms with Crippen LogP contribution in [0.5, 0.6) is 0 Å². The largest absolute Gasteiger partial charge is 0.405 e. The normalized spacial score (nSPS) is 23.4. The van der Waals surface area contributed by atoms with Crippen molar-refractivity contribution >= 4 is 30.7 Å². The van der Waals surface area contributed by atoms with Crippen LogP contribution in [-0.2, 0) is 4.79 Å². The number of alkyl halides is 3. The Bertz CT molecular complexity index is 395. The van der Waals surface area contributed by atoms with Crippen LogP contribution in [0.4, 0.5) is 13.2 Å². The minimum atomic E-state index is -4.33. The summed E-state index contributed by atoms with van der Waals surface area (Å²) < 4.78 is 39.9. The van der Waals surface area contributed by atoms with Gasteiger partial charge in [0, 0.05) is 32.7 Å². The highest BCUT2D eigenvalue weighted by atomic mass is 35.5. The van der Waals surface area contributed by atoms with Gasteiger partial charge >= 0.3 is 6.18 Å². The lowest BCUT2D eigenvalue weighted by molar-refractivity contribution is -0.184. The molecule has 25 heavy (non-hydrogen) atoms. The number of rotatable bonds is 6. The first kappa shape index (κ1) is 24.7. The molecule has 2 heterocycles. The summed E-state index contributed by atoms with van der Waals surface area (Å²) in [5.74, 6) is -0.264. The second-order valence-corrected chi connectivity index (χ2v) is 6.28. The molecule has 0 aromatic rings. The van der Waals surface area contributed by atoms with Crippen molar-refractivity contribution in [3.63, 3.8) is 0 Å². The van der Waals surface area contributed by atoms with Gasteiger partial charge in [0.2, 0.25) is 5.91 Å². The van der Waals surface area contributed by atoms with E-state index in [1.165, 1.54) is 4.90 Å². The fraction of sp³-hybridized carbons (Fsp3) is 0.933. The molecule has 2 N–H and O–H groups in total. The first-order valence-electron chi connectivity index (χ1n) is 8.46. The summed E-state index contributed by atoms with van der Waals surface area (Å²) in [4.78, 5) is 15.8. The van der Waals surface area contributed by atoms with Gasteiger partial charge in [-0.1, -0.05) is 6.92 Å². The summed E-state index contributed by atoms with van der Waals surface area (Å²) in [6.45, 7) is 5.15. The van der Waals surface area contributed by atoms with E-state index >= 15 is 0 Å². The number of nitrogens with zero attached hydrogens (tertiary/aromatic N) is 2. The Hall–Kier alpha value is -0.280. The number of hydrogen-bond acceptors (Lipinski definition) is 4. The number of carbonyl (C=O) groups excluding carboxylic acids is 1. The Labute approximate surface area is 159 Å². The lowest BCUT2D eigenvalue weighted by atomic mass is 10.1. The van der Waals surface area contributed by atoms with Crippen molar-refractivity contribution in [1.29, 1.82) is 0 Å². The van der Waals surface area contributed by atoms with Crippen molar-refractivity contribution < 1.29 is 18.0 Å². The van der Waals surface area contributed by atoms with Gasteiger partial charge in [-0.05, 0) is 32.4 Å². The fourth-order valence-electron chi connectivity index (χ4n) is 3.44. The van der Waals surface area contributed by atoms with Crippen LogP contribution in [0.25, 0.3) is 0 Å². The van der Waals surface area contributed by atoms with Crippen LogP contribution in [0.1, 0.15) is 26.2 Å². The van der Waals surface area contributed by atoms with Gasteiger partial charge in [-0.3, -0.25) is 14.6 Å². The topological polar surface area (TPSA) is 47.6 Å². The molecule has 0 aliphatic carbocycles. The van der Waals surface area contributed by atoms with E-state index in [4.69, 9.17) is 0 Å². The van der Waals surface area contributed by atoms with E-state index in [0.717, 1.165) is 32.4 Å². The van der Waals surface area contributed by atoms with Crippen molar-refractivity contribution in [1.82, 2.24) is 20.4 Å². The van der Waals surface area contributed by atoms with Gasteiger partial charge in [-0.2, -0.15) is 13.2 Å². The van der Waals surface area contributed by atoms with Gasteiger partial charge in [0.05, 0.1) is 6.04 Å². The average Bonchev–Trinajstić information content (AvgIpc) is 2.96. The summed E-state index contributed by atoms with van der Waals surface area (Å²) in [6.07, 6.45) is -1.73. The molecule has 2 rings (SSSR count). The van der Waals surface area contributed by atoms with Crippen LogP contribution in [0.15, 0.2) is 0 Å². The quantitative estimate of drug-likeness (QED) is 0.701. The maximum absolute atomic E-state index is 13.3. The molecule has 2 unspecified atom stereocenters. The molecule has 1 amide bonds. The zero-order valence-electron chi connectivity index (χ0n) is 14.5. The van der Waals surface area contributed by atoms with Crippen molar-refractivity contribution in [2.75, 3.05) is 45.8 Å². The maximum atomic E-state index is 13.3. The van der Waals surface area contributed by atoms with Gasteiger partial charge in [0.1, 0.15) is 6.04 Å². The molecule has 0 aromatic carbocycles. The Kier molecular flexibility index (Phi) is 11.3. The van der Waals surface area contributed by atoms with E-state index in [1.807, 2.05) is 6.92 Å². The first-order valence-corrected chi connectivity index (χ1v) is 8.46. The molecule has 2 aliphatic rings. The molecule has 0 spiro atoms. The van der Waals surface area contributed by atoms with E-state index in [9.17, 15) is 18.0 Å². The van der Waals surface area contributed by atoms with E-state index < -0.39 is 12.2 Å². The highest BCUT2D eigenvalue weighted by Crippen LogP contribution is 2.25. The molecular weight excluding hydrogens is 380 g/mol. The molecule has 2 saturated heterocycles. The molecular formula is C15H29Cl2F3N4O. The number of halogens is 5. The Morgan fingerprint density at radius 3 is 2.44 bits per heavy atom. The molecule has 2 fully saturated rings. The summed E-state index contributed by atoms with van der Waals surface area (Å²) >= 11 is 0. The van der Waals surface area contributed by atoms with Crippen LogP contribution < -0.4 is 10.6 Å². The number of piperazine rings is 1. The van der Waals surface area contributed by atoms with Crippen molar-refractivity contribution in [2.45, 2.75) is 44.4 Å². The molecule has 5 nitrogen and oxygen atoms in total. The molecule has 150 valence electrons. The van der Waals surface area contributed by atoms with Gasteiger partial charge < -0.3 is 10.6 Å². The van der Waals surface area contributed by atoms with Crippen LogP contribution in [0.3, 0.4) is 0 Å². The Balaban J connectivity index is 0.00000288. The standard InChI is InChI=1S/C15H27F3N4O.2ClH/c1-2-7-21-8-3-4-12(21)14(23)20-11-13(15(16,17)18)22-9-5-19-6-10-22;;/h12-13,19H,2-11H2,1H3,(H,20,23);2*1H. The van der Waals surface area contributed by atoms with E-state index in [-0.39, 0.29) is 43.3 Å². The zero-order valence-corrected chi connectivity index (χ0v) is 16.1. The predicted octanol–water partition coefficient (Wildman–Crippen LogP) is 1.66. The first-order chi connectivity index (χ1) is 10.9. The minimum absolute atomic E-state index is 0. The third-order valence-electron chi connectivity index (χ3n) is 4.62. The zero-order chi connectivity index (χ0) is 16.9. The van der Waals surface area contributed by atoms with Crippen LogP contribution in [0, 0.1) is 0 Å². The third kappa shape index (κ3) is 7.09. The third-order valence-corrected chi connectivity index (χ3v) is 4.62. The Morgan fingerprint density at radius 1 is 1.24 bits per heavy atom.